The molecule has 0 N–H and O–H groups in total. The summed E-state index contributed by atoms with van der Waals surface area (Å²) in [6.45, 7) is 1.70. The molecule has 0 radical (unpaired) electrons. The van der Waals surface area contributed by atoms with Gasteiger partial charge in [0.15, 0.2) is 0 Å². The molecule has 0 bridgehead atoms. The summed E-state index contributed by atoms with van der Waals surface area (Å²) in [6, 6.07) is 0. The Labute approximate surface area is 65.9 Å². The van der Waals surface area contributed by atoms with Crippen molar-refractivity contribution in [2.75, 3.05) is 7.05 Å². The molecular weight excluding hydrogens is 150 g/mol. The van der Waals surface area contributed by atoms with Gasteiger partial charge < -0.3 is 4.79 Å². The number of amides is 1. The zero-order valence-electron chi connectivity index (χ0n) is 6.07. The summed E-state index contributed by atoms with van der Waals surface area (Å²) in [5.74, 6) is -0.343. The Hall–Kier alpha value is -0.510. The second kappa shape index (κ2) is 4.33. The van der Waals surface area contributed by atoms with Crippen molar-refractivity contribution in [2.45, 2.75) is 13.3 Å². The maximum atomic E-state index is 10.8. The van der Waals surface area contributed by atoms with Gasteiger partial charge in [-0.1, -0.05) is 19.7 Å². The molecule has 0 saturated carbocycles. The van der Waals surface area contributed by atoms with Crippen LogP contribution >= 0.6 is 12.8 Å². The van der Waals surface area contributed by atoms with Crippen LogP contribution in [0.5, 0.6) is 0 Å². The predicted octanol–water partition coefficient (Wildman–Crippen LogP) is 0.515. The molecule has 0 aliphatic heterocycles. The Bertz CT molecular complexity index is 136. The highest BCUT2D eigenvalue weighted by Gasteiger charge is 2.09. The van der Waals surface area contributed by atoms with Crippen molar-refractivity contribution < 1.29 is 9.59 Å². The SMILES string of the molecule is CC(C=O)CC(=O)N(C)S. The molecule has 10 heavy (non-hydrogen) atoms. The van der Waals surface area contributed by atoms with Crippen molar-refractivity contribution in [3.05, 3.63) is 0 Å². The highest BCUT2D eigenvalue weighted by atomic mass is 32.1. The first-order valence-corrected chi connectivity index (χ1v) is 3.38. The lowest BCUT2D eigenvalue weighted by atomic mass is 10.1. The second-order valence-corrected chi connectivity index (χ2v) is 2.83. The van der Waals surface area contributed by atoms with E-state index in [-0.39, 0.29) is 18.2 Å². The molecule has 1 unspecified atom stereocenters. The Morgan fingerprint density at radius 3 is 2.60 bits per heavy atom. The van der Waals surface area contributed by atoms with Gasteiger partial charge in [0, 0.05) is 19.4 Å². The predicted molar refractivity (Wildman–Crippen MR) is 41.6 cm³/mol. The molecule has 0 spiro atoms. The van der Waals surface area contributed by atoms with Crippen LogP contribution in [0.25, 0.3) is 0 Å². The van der Waals surface area contributed by atoms with Gasteiger partial charge in [0.1, 0.15) is 6.29 Å². The van der Waals surface area contributed by atoms with E-state index in [0.717, 1.165) is 6.29 Å². The van der Waals surface area contributed by atoms with Gasteiger partial charge in [-0.25, -0.2) is 0 Å². The zero-order valence-corrected chi connectivity index (χ0v) is 6.97. The molecule has 0 aliphatic carbocycles. The number of rotatable bonds is 3. The monoisotopic (exact) mass is 161 g/mol. The van der Waals surface area contributed by atoms with E-state index in [4.69, 9.17) is 0 Å². The van der Waals surface area contributed by atoms with Gasteiger partial charge in [-0.15, -0.1) is 0 Å². The van der Waals surface area contributed by atoms with Crippen molar-refractivity contribution in [3.8, 4) is 0 Å². The minimum absolute atomic E-state index is 0.136. The second-order valence-electron chi connectivity index (χ2n) is 2.23. The Morgan fingerprint density at radius 2 is 2.30 bits per heavy atom. The number of hydrogen-bond donors (Lipinski definition) is 1. The summed E-state index contributed by atoms with van der Waals surface area (Å²) in [4.78, 5) is 20.9. The molecule has 3 nitrogen and oxygen atoms in total. The first-order valence-electron chi connectivity index (χ1n) is 2.98. The average molecular weight is 161 g/mol. The quantitative estimate of drug-likeness (QED) is 0.484. The van der Waals surface area contributed by atoms with E-state index >= 15 is 0 Å². The Kier molecular flexibility index (Phi) is 4.11. The highest BCUT2D eigenvalue weighted by molar-refractivity contribution is 7.78. The van der Waals surface area contributed by atoms with Gasteiger partial charge in [0.05, 0.1) is 0 Å². The Morgan fingerprint density at radius 1 is 1.80 bits per heavy atom. The van der Waals surface area contributed by atoms with Gasteiger partial charge in [-0.3, -0.25) is 9.10 Å². The molecule has 4 heteroatoms. The number of hydrogen-bond acceptors (Lipinski definition) is 3. The van der Waals surface area contributed by atoms with Crippen molar-refractivity contribution >= 4 is 25.0 Å². The summed E-state index contributed by atoms with van der Waals surface area (Å²) in [7, 11) is 1.54. The third kappa shape index (κ3) is 3.50. The third-order valence-corrected chi connectivity index (χ3v) is 1.31. The van der Waals surface area contributed by atoms with Crippen LogP contribution < -0.4 is 0 Å². The lowest BCUT2D eigenvalue weighted by molar-refractivity contribution is -0.127. The molecule has 0 aliphatic rings. The molecule has 1 atom stereocenters. The molecule has 0 heterocycles. The molecule has 58 valence electrons. The summed E-state index contributed by atoms with van der Waals surface area (Å²) in [6.07, 6.45) is 0.999. The molecule has 0 fully saturated rings. The first-order chi connectivity index (χ1) is 4.57. The van der Waals surface area contributed by atoms with E-state index in [1.807, 2.05) is 0 Å². The number of nitrogens with zero attached hydrogens (tertiary/aromatic N) is 1. The number of thiol groups is 1. The highest BCUT2D eigenvalue weighted by Crippen LogP contribution is 2.01. The topological polar surface area (TPSA) is 37.4 Å². The van der Waals surface area contributed by atoms with E-state index in [1.54, 1.807) is 14.0 Å². The van der Waals surface area contributed by atoms with Gasteiger partial charge >= 0.3 is 0 Å². The van der Waals surface area contributed by atoms with Crippen LogP contribution in [0.4, 0.5) is 0 Å². The number of carbonyl (C=O) groups is 2. The van der Waals surface area contributed by atoms with Crippen LogP contribution in [0, 0.1) is 5.92 Å². The van der Waals surface area contributed by atoms with Crippen LogP contribution in [-0.2, 0) is 9.59 Å². The molecule has 0 rings (SSSR count). The van der Waals surface area contributed by atoms with Crippen LogP contribution in [0.1, 0.15) is 13.3 Å². The molecule has 1 amide bonds. The lowest BCUT2D eigenvalue weighted by Gasteiger charge is -2.08. The standard InChI is InChI=1S/C6H11NO2S/c1-5(4-8)3-6(9)7(2)10/h4-5,10H,3H2,1-2H3. The van der Waals surface area contributed by atoms with E-state index in [0.29, 0.717) is 0 Å². The molecular formula is C6H11NO2S. The van der Waals surface area contributed by atoms with E-state index in [2.05, 4.69) is 12.8 Å². The van der Waals surface area contributed by atoms with Crippen LogP contribution in [0.15, 0.2) is 0 Å². The van der Waals surface area contributed by atoms with Gasteiger partial charge in [-0.05, 0) is 0 Å². The van der Waals surface area contributed by atoms with Gasteiger partial charge in [0.2, 0.25) is 5.91 Å². The maximum Gasteiger partial charge on any atom is 0.232 e. The average Bonchev–Trinajstić information content (AvgIpc) is 1.87. The lowest BCUT2D eigenvalue weighted by Crippen LogP contribution is -2.19. The maximum absolute atomic E-state index is 10.8. The largest absolute Gasteiger partial charge is 0.303 e. The zero-order chi connectivity index (χ0) is 8.15. The fourth-order valence-electron chi connectivity index (χ4n) is 0.456. The van der Waals surface area contributed by atoms with E-state index in [1.165, 1.54) is 4.31 Å². The molecule has 0 saturated heterocycles. The molecule has 0 aromatic carbocycles. The van der Waals surface area contributed by atoms with Crippen LogP contribution in [0.3, 0.4) is 0 Å². The fourth-order valence-corrected chi connectivity index (χ4v) is 0.537. The van der Waals surface area contributed by atoms with Crippen molar-refractivity contribution in [3.63, 3.8) is 0 Å². The summed E-state index contributed by atoms with van der Waals surface area (Å²) < 4.78 is 1.18. The third-order valence-electron chi connectivity index (χ3n) is 1.09. The number of aldehydes is 1. The van der Waals surface area contributed by atoms with Gasteiger partial charge in [-0.2, -0.15) is 0 Å². The summed E-state index contributed by atoms with van der Waals surface area (Å²) >= 11 is 3.77. The minimum atomic E-state index is -0.206. The van der Waals surface area contributed by atoms with E-state index < -0.39 is 0 Å². The smallest absolute Gasteiger partial charge is 0.232 e. The fraction of sp³-hybridized carbons (Fsp3) is 0.667. The van der Waals surface area contributed by atoms with Crippen molar-refractivity contribution in [2.24, 2.45) is 5.92 Å². The van der Waals surface area contributed by atoms with Gasteiger partial charge in [0.25, 0.3) is 0 Å². The first kappa shape index (κ1) is 9.49. The molecule has 0 aromatic heterocycles. The normalized spacial score (nSPS) is 12.3. The van der Waals surface area contributed by atoms with Crippen LogP contribution in [-0.4, -0.2) is 23.5 Å². The number of carbonyl (C=O) groups excluding carboxylic acids is 2. The van der Waals surface area contributed by atoms with E-state index in [9.17, 15) is 9.59 Å². The van der Waals surface area contributed by atoms with Crippen molar-refractivity contribution in [1.82, 2.24) is 4.31 Å². The van der Waals surface area contributed by atoms with Crippen molar-refractivity contribution in [1.29, 1.82) is 0 Å². The summed E-state index contributed by atoms with van der Waals surface area (Å²) in [5, 5.41) is 0. The van der Waals surface area contributed by atoms with Crippen LogP contribution in [0.2, 0.25) is 0 Å². The minimum Gasteiger partial charge on any atom is -0.303 e. The Balaban J connectivity index is 3.68. The molecule has 0 aromatic rings. The summed E-state index contributed by atoms with van der Waals surface area (Å²) in [5.41, 5.74) is 0.